The zero-order valence-corrected chi connectivity index (χ0v) is 17.4. The second-order valence-corrected chi connectivity index (χ2v) is 9.24. The van der Waals surface area contributed by atoms with Gasteiger partial charge < -0.3 is 5.32 Å². The first-order valence-corrected chi connectivity index (χ1v) is 10.9. The molecule has 3 rings (SSSR count). The predicted molar refractivity (Wildman–Crippen MR) is 109 cm³/mol. The molecule has 1 aliphatic rings. The monoisotopic (exact) mass is 435 g/mol. The number of nitro benzene ring substituents is 1. The van der Waals surface area contributed by atoms with Crippen molar-refractivity contribution >= 4 is 27.3 Å². The van der Waals surface area contributed by atoms with Crippen molar-refractivity contribution < 1.29 is 22.5 Å². The lowest BCUT2D eigenvalue weighted by Gasteiger charge is -2.30. The highest BCUT2D eigenvalue weighted by atomic mass is 32.2. The molecule has 1 N–H and O–H groups in total. The molecule has 0 radical (unpaired) electrons. The number of nitrogens with one attached hydrogen (secondary N) is 1. The Bertz CT molecular complexity index is 1100. The molecule has 2 aromatic rings. The van der Waals surface area contributed by atoms with Gasteiger partial charge in [-0.05, 0) is 49.9 Å². The summed E-state index contributed by atoms with van der Waals surface area (Å²) in [7, 11) is -3.92. The number of nitrogens with zero attached hydrogens (tertiary/aromatic N) is 2. The van der Waals surface area contributed by atoms with Gasteiger partial charge in [-0.3, -0.25) is 14.9 Å². The normalized spacial score (nSPS) is 15.7. The Hall–Kier alpha value is -2.85. The molecular formula is C20H22FN3O5S. The number of sulfonamides is 1. The first-order valence-electron chi connectivity index (χ1n) is 9.42. The van der Waals surface area contributed by atoms with Crippen LogP contribution in [-0.2, 0) is 14.8 Å². The summed E-state index contributed by atoms with van der Waals surface area (Å²) in [4.78, 5) is 22.8. The van der Waals surface area contributed by atoms with E-state index in [-0.39, 0.29) is 29.6 Å². The summed E-state index contributed by atoms with van der Waals surface area (Å²) in [5, 5.41) is 13.7. The van der Waals surface area contributed by atoms with Crippen LogP contribution in [0.25, 0.3) is 0 Å². The van der Waals surface area contributed by atoms with Gasteiger partial charge in [0.15, 0.2) is 0 Å². The van der Waals surface area contributed by atoms with Crippen LogP contribution in [0.1, 0.15) is 24.0 Å². The van der Waals surface area contributed by atoms with Gasteiger partial charge in [-0.15, -0.1) is 0 Å². The van der Waals surface area contributed by atoms with Gasteiger partial charge in [-0.25, -0.2) is 12.8 Å². The zero-order valence-electron chi connectivity index (χ0n) is 16.6. The first-order chi connectivity index (χ1) is 14.1. The number of piperidine rings is 1. The van der Waals surface area contributed by atoms with E-state index in [1.54, 1.807) is 26.0 Å². The van der Waals surface area contributed by atoms with E-state index in [0.29, 0.717) is 29.7 Å². The number of aryl methyl sites for hydroxylation is 2. The Kier molecular flexibility index (Phi) is 6.18. The highest BCUT2D eigenvalue weighted by molar-refractivity contribution is 7.89. The van der Waals surface area contributed by atoms with Crippen molar-refractivity contribution in [3.05, 3.63) is 63.5 Å². The molecule has 1 aliphatic heterocycles. The van der Waals surface area contributed by atoms with Crippen LogP contribution in [0.4, 0.5) is 15.8 Å². The number of nitro groups is 1. The Morgan fingerprint density at radius 1 is 1.13 bits per heavy atom. The van der Waals surface area contributed by atoms with E-state index in [0.717, 1.165) is 6.07 Å². The van der Waals surface area contributed by atoms with Gasteiger partial charge in [-0.2, -0.15) is 4.31 Å². The van der Waals surface area contributed by atoms with Crippen molar-refractivity contribution in [1.82, 2.24) is 4.31 Å². The lowest BCUT2D eigenvalue weighted by Crippen LogP contribution is -2.41. The summed E-state index contributed by atoms with van der Waals surface area (Å²) in [6, 6.07) is 8.17. The molecule has 1 heterocycles. The van der Waals surface area contributed by atoms with E-state index in [9.17, 15) is 27.7 Å². The fraction of sp³-hybridized carbons (Fsp3) is 0.350. The third kappa shape index (κ3) is 4.49. The Balaban J connectivity index is 1.68. The summed E-state index contributed by atoms with van der Waals surface area (Å²) >= 11 is 0. The lowest BCUT2D eigenvalue weighted by molar-refractivity contribution is -0.385. The molecule has 0 aliphatic carbocycles. The van der Waals surface area contributed by atoms with E-state index < -0.39 is 26.7 Å². The van der Waals surface area contributed by atoms with Crippen molar-refractivity contribution in [3.8, 4) is 0 Å². The molecular weight excluding hydrogens is 413 g/mol. The van der Waals surface area contributed by atoms with Crippen molar-refractivity contribution in [2.75, 3.05) is 18.4 Å². The number of hydrogen-bond acceptors (Lipinski definition) is 5. The van der Waals surface area contributed by atoms with Crippen molar-refractivity contribution in [2.45, 2.75) is 31.6 Å². The lowest BCUT2D eigenvalue weighted by atomic mass is 9.97. The van der Waals surface area contributed by atoms with Crippen LogP contribution in [-0.4, -0.2) is 36.6 Å². The maximum atomic E-state index is 13.7. The van der Waals surface area contributed by atoms with Crippen LogP contribution in [0.2, 0.25) is 0 Å². The molecule has 10 heteroatoms. The standard InChI is InChI=1S/C20H22FN3O5S/c1-13-3-5-16(11-18(13)21)22-20(25)15-7-9-23(10-8-15)30(28,29)19-12-17(24(26)27)6-4-14(19)2/h3-6,11-12,15H,7-10H2,1-2H3,(H,22,25). The topological polar surface area (TPSA) is 110 Å². The molecule has 1 fully saturated rings. The van der Waals surface area contributed by atoms with Gasteiger partial charge >= 0.3 is 0 Å². The number of benzene rings is 2. The van der Waals surface area contributed by atoms with Crippen molar-refractivity contribution in [2.24, 2.45) is 5.92 Å². The minimum atomic E-state index is -3.92. The van der Waals surface area contributed by atoms with Gasteiger partial charge in [0.25, 0.3) is 5.69 Å². The van der Waals surface area contributed by atoms with Crippen LogP contribution in [0.5, 0.6) is 0 Å². The molecule has 1 saturated heterocycles. The molecule has 160 valence electrons. The van der Waals surface area contributed by atoms with Gasteiger partial charge in [0.05, 0.1) is 9.82 Å². The first kappa shape index (κ1) is 21.8. The van der Waals surface area contributed by atoms with E-state index in [4.69, 9.17) is 0 Å². The number of amides is 1. The minimum Gasteiger partial charge on any atom is -0.326 e. The summed E-state index contributed by atoms with van der Waals surface area (Å²) in [5.41, 5.74) is 0.953. The summed E-state index contributed by atoms with van der Waals surface area (Å²) in [6.07, 6.45) is 0.598. The third-order valence-corrected chi connectivity index (χ3v) is 7.31. The summed E-state index contributed by atoms with van der Waals surface area (Å²) in [6.45, 7) is 3.44. The van der Waals surface area contributed by atoms with Gasteiger partial charge in [0.1, 0.15) is 5.82 Å². The fourth-order valence-electron chi connectivity index (χ4n) is 3.39. The second kappa shape index (κ2) is 8.49. The second-order valence-electron chi connectivity index (χ2n) is 7.34. The molecule has 0 spiro atoms. The van der Waals surface area contributed by atoms with E-state index >= 15 is 0 Å². The SMILES string of the molecule is Cc1ccc(NC(=O)C2CCN(S(=O)(=O)c3cc([N+](=O)[O-])ccc3C)CC2)cc1F. The van der Waals surface area contributed by atoms with Crippen LogP contribution >= 0.6 is 0 Å². The van der Waals surface area contributed by atoms with E-state index in [2.05, 4.69) is 5.32 Å². The summed E-state index contributed by atoms with van der Waals surface area (Å²) in [5.74, 6) is -1.12. The quantitative estimate of drug-likeness (QED) is 0.572. The number of anilines is 1. The van der Waals surface area contributed by atoms with Crippen LogP contribution in [0.3, 0.4) is 0 Å². The van der Waals surface area contributed by atoms with Crippen molar-refractivity contribution in [3.63, 3.8) is 0 Å². The highest BCUT2D eigenvalue weighted by Gasteiger charge is 2.33. The average Bonchev–Trinajstić information content (AvgIpc) is 2.70. The van der Waals surface area contributed by atoms with Gasteiger partial charge in [0, 0.05) is 36.8 Å². The molecule has 1 amide bonds. The van der Waals surface area contributed by atoms with Crippen molar-refractivity contribution in [1.29, 1.82) is 0 Å². The predicted octanol–water partition coefficient (Wildman–Crippen LogP) is 3.39. The largest absolute Gasteiger partial charge is 0.326 e. The average molecular weight is 435 g/mol. The number of rotatable bonds is 5. The molecule has 0 aromatic heterocycles. The van der Waals surface area contributed by atoms with Crippen LogP contribution in [0.15, 0.2) is 41.3 Å². The highest BCUT2D eigenvalue weighted by Crippen LogP contribution is 2.29. The third-order valence-electron chi connectivity index (χ3n) is 5.26. The fourth-order valence-corrected chi connectivity index (χ4v) is 5.11. The van der Waals surface area contributed by atoms with Gasteiger partial charge in [0.2, 0.25) is 15.9 Å². The van der Waals surface area contributed by atoms with Crippen LogP contribution < -0.4 is 5.32 Å². The maximum absolute atomic E-state index is 13.7. The zero-order chi connectivity index (χ0) is 22.1. The number of carbonyl (C=O) groups excluding carboxylic acids is 1. The molecule has 0 saturated carbocycles. The minimum absolute atomic E-state index is 0.102. The number of carbonyl (C=O) groups is 1. The number of hydrogen-bond donors (Lipinski definition) is 1. The van der Waals surface area contributed by atoms with Gasteiger partial charge in [-0.1, -0.05) is 12.1 Å². The molecule has 30 heavy (non-hydrogen) atoms. The number of halogens is 1. The molecule has 8 nitrogen and oxygen atoms in total. The van der Waals surface area contributed by atoms with E-state index in [1.807, 2.05) is 0 Å². The molecule has 0 atom stereocenters. The molecule has 0 unspecified atom stereocenters. The Morgan fingerprint density at radius 3 is 2.37 bits per heavy atom. The molecule has 2 aromatic carbocycles. The van der Waals surface area contributed by atoms with Crippen LogP contribution in [0, 0.1) is 35.7 Å². The molecule has 0 bridgehead atoms. The Labute approximate surface area is 173 Å². The number of non-ortho nitro benzene ring substituents is 1. The summed E-state index contributed by atoms with van der Waals surface area (Å²) < 4.78 is 40.9. The Morgan fingerprint density at radius 2 is 1.77 bits per heavy atom. The maximum Gasteiger partial charge on any atom is 0.270 e. The van der Waals surface area contributed by atoms with E-state index in [1.165, 1.54) is 22.5 Å². The smallest absolute Gasteiger partial charge is 0.270 e.